The number of hydrogen-bond acceptors (Lipinski definition) is 7. The molecule has 1 aromatic rings. The van der Waals surface area contributed by atoms with Gasteiger partial charge in [-0.05, 0) is 29.1 Å². The number of aliphatic hydroxyl groups is 1. The number of aromatic nitrogens is 2. The van der Waals surface area contributed by atoms with Gasteiger partial charge in [0.15, 0.2) is 6.23 Å². The minimum Gasteiger partial charge on any atom is -0.414 e. The monoisotopic (exact) mass is 500 g/mol. The molecule has 0 spiro atoms. The molecular formula is C22H40N2O7Si2. The molecule has 0 radical (unpaired) electrons. The van der Waals surface area contributed by atoms with E-state index in [2.05, 4.69) is 60.4 Å². The molecule has 3 unspecified atom stereocenters. The van der Waals surface area contributed by atoms with E-state index >= 15 is 0 Å². The van der Waals surface area contributed by atoms with Gasteiger partial charge in [0.25, 0.3) is 5.56 Å². The zero-order chi connectivity index (χ0) is 24.9. The van der Waals surface area contributed by atoms with Crippen molar-refractivity contribution in [3.8, 4) is 0 Å². The second-order valence-corrected chi connectivity index (χ2v) is 19.4. The summed E-state index contributed by atoms with van der Waals surface area (Å²) in [5.41, 5.74) is -0.151. The fourth-order valence-corrected chi connectivity index (χ4v) is 16.4. The summed E-state index contributed by atoms with van der Waals surface area (Å²) >= 11 is 0. The molecule has 1 aromatic heterocycles. The summed E-state index contributed by atoms with van der Waals surface area (Å²) < 4.78 is 28.1. The molecule has 9 nitrogen and oxygen atoms in total. The smallest absolute Gasteiger partial charge is 0.335 e. The first-order chi connectivity index (χ1) is 15.3. The molecule has 2 N–H and O–H groups in total. The Morgan fingerprint density at radius 3 is 2.06 bits per heavy atom. The number of aromatic amines is 1. The third-order valence-electron chi connectivity index (χ3n) is 7.06. The van der Waals surface area contributed by atoms with E-state index < -0.39 is 52.9 Å². The number of aliphatic hydroxyl groups excluding tert-OH is 1. The van der Waals surface area contributed by atoms with Gasteiger partial charge in [0.1, 0.15) is 18.3 Å². The number of ether oxygens (including phenoxy) is 1. The summed E-state index contributed by atoms with van der Waals surface area (Å²) in [7, 11) is -5.65. The van der Waals surface area contributed by atoms with Crippen molar-refractivity contribution >= 4 is 17.1 Å². The minimum atomic E-state index is -2.92. The molecule has 2 aliphatic rings. The lowest BCUT2D eigenvalue weighted by Crippen LogP contribution is -2.65. The maximum atomic E-state index is 12.5. The van der Waals surface area contributed by atoms with Crippen LogP contribution < -0.4 is 11.2 Å². The van der Waals surface area contributed by atoms with E-state index in [9.17, 15) is 14.7 Å². The molecular weight excluding hydrogens is 460 g/mol. The third kappa shape index (κ3) is 4.48. The molecule has 2 fully saturated rings. The third-order valence-corrected chi connectivity index (χ3v) is 17.3. The van der Waals surface area contributed by atoms with Gasteiger partial charge in [0, 0.05) is 11.8 Å². The first-order valence-corrected chi connectivity index (χ1v) is 15.9. The lowest BCUT2D eigenvalue weighted by molar-refractivity contribution is -0.0601. The van der Waals surface area contributed by atoms with Gasteiger partial charge in [-0.15, -0.1) is 0 Å². The van der Waals surface area contributed by atoms with Crippen molar-refractivity contribution in [1.82, 2.24) is 9.55 Å². The van der Waals surface area contributed by atoms with E-state index in [0.29, 0.717) is 5.56 Å². The topological polar surface area (TPSA) is 112 Å². The van der Waals surface area contributed by atoms with Gasteiger partial charge in [-0.3, -0.25) is 14.3 Å². The molecule has 4 atom stereocenters. The van der Waals surface area contributed by atoms with E-state index in [1.807, 2.05) is 0 Å². The number of H-pyrrole nitrogens is 1. The van der Waals surface area contributed by atoms with Crippen LogP contribution in [-0.2, 0) is 17.7 Å². The number of nitrogens with one attached hydrogen (secondary N) is 1. The van der Waals surface area contributed by atoms with E-state index in [1.165, 1.54) is 10.8 Å². The van der Waals surface area contributed by atoms with Gasteiger partial charge in [-0.1, -0.05) is 55.4 Å². The summed E-state index contributed by atoms with van der Waals surface area (Å²) in [6.07, 6.45) is -1.98. The Morgan fingerprint density at radius 1 is 1.00 bits per heavy atom. The molecule has 3 rings (SSSR count). The molecule has 3 heterocycles. The molecule has 0 amide bonds. The minimum absolute atomic E-state index is 0.105. The number of fused-ring (bicyclic) bond motifs is 1. The predicted molar refractivity (Wildman–Crippen MR) is 130 cm³/mol. The van der Waals surface area contributed by atoms with Crippen molar-refractivity contribution in [3.05, 3.63) is 32.6 Å². The number of hydrogen-bond donors (Lipinski definition) is 2. The Bertz CT molecular complexity index is 943. The highest BCUT2D eigenvalue weighted by molar-refractivity contribution is 6.83. The summed E-state index contributed by atoms with van der Waals surface area (Å²) in [4.78, 5) is 26.7. The van der Waals surface area contributed by atoms with Crippen LogP contribution >= 0.6 is 0 Å². The molecule has 2 saturated heterocycles. The van der Waals surface area contributed by atoms with E-state index in [-0.39, 0.29) is 28.8 Å². The molecule has 0 bridgehead atoms. The van der Waals surface area contributed by atoms with Crippen molar-refractivity contribution in [2.45, 2.75) is 109 Å². The number of nitrogens with zero attached hydrogens (tertiary/aromatic N) is 1. The quantitative estimate of drug-likeness (QED) is 0.598. The Labute approximate surface area is 197 Å². The highest BCUT2D eigenvalue weighted by atomic mass is 28.5. The SMILES string of the molecule is Cc1cn(C2OC3CO[Si](C(C)C)(C(C)C)O[Si](C(C)C)(C(C)C)O[C@H]3C2O)c(=O)[nH]c1=O. The van der Waals surface area contributed by atoms with Crippen LogP contribution in [0.5, 0.6) is 0 Å². The Kier molecular flexibility index (Phi) is 7.65. The van der Waals surface area contributed by atoms with Crippen LogP contribution in [0.3, 0.4) is 0 Å². The first-order valence-electron chi connectivity index (χ1n) is 11.9. The average molecular weight is 501 g/mol. The van der Waals surface area contributed by atoms with Crippen LogP contribution in [0.25, 0.3) is 0 Å². The zero-order valence-corrected chi connectivity index (χ0v) is 23.2. The van der Waals surface area contributed by atoms with Gasteiger partial charge >= 0.3 is 22.8 Å². The van der Waals surface area contributed by atoms with Crippen LogP contribution in [0, 0.1) is 6.92 Å². The van der Waals surface area contributed by atoms with E-state index in [1.54, 1.807) is 6.92 Å². The Balaban J connectivity index is 2.10. The number of rotatable bonds is 5. The van der Waals surface area contributed by atoms with Crippen molar-refractivity contribution in [3.63, 3.8) is 0 Å². The summed E-state index contributed by atoms with van der Waals surface area (Å²) in [5.74, 6) is 0. The van der Waals surface area contributed by atoms with Gasteiger partial charge < -0.3 is 22.8 Å². The Hall–Kier alpha value is -1.09. The van der Waals surface area contributed by atoms with Gasteiger partial charge in [-0.25, -0.2) is 4.79 Å². The van der Waals surface area contributed by atoms with Crippen LogP contribution in [0.2, 0.25) is 22.2 Å². The van der Waals surface area contributed by atoms with Gasteiger partial charge in [-0.2, -0.15) is 0 Å². The first kappa shape index (κ1) is 26.5. The van der Waals surface area contributed by atoms with E-state index in [0.717, 1.165) is 0 Å². The molecule has 11 heteroatoms. The van der Waals surface area contributed by atoms with Gasteiger partial charge in [0.2, 0.25) is 0 Å². The van der Waals surface area contributed by atoms with Crippen LogP contribution in [-0.4, -0.2) is 56.7 Å². The molecule has 0 aromatic carbocycles. The molecule has 0 aliphatic carbocycles. The van der Waals surface area contributed by atoms with Crippen molar-refractivity contribution < 1.29 is 22.8 Å². The molecule has 33 heavy (non-hydrogen) atoms. The van der Waals surface area contributed by atoms with Crippen molar-refractivity contribution in [2.75, 3.05) is 6.61 Å². The summed E-state index contributed by atoms with van der Waals surface area (Å²) in [5, 5.41) is 11.3. The van der Waals surface area contributed by atoms with Crippen LogP contribution in [0.15, 0.2) is 15.8 Å². The second kappa shape index (κ2) is 9.52. The molecule has 188 valence electrons. The lowest BCUT2D eigenvalue weighted by Gasteiger charge is -2.51. The van der Waals surface area contributed by atoms with Crippen molar-refractivity contribution in [2.24, 2.45) is 0 Å². The van der Waals surface area contributed by atoms with E-state index in [4.69, 9.17) is 17.7 Å². The second-order valence-electron chi connectivity index (χ2n) is 10.6. The largest absolute Gasteiger partial charge is 0.414 e. The normalized spacial score (nSPS) is 29.5. The van der Waals surface area contributed by atoms with Crippen LogP contribution in [0.4, 0.5) is 0 Å². The summed E-state index contributed by atoms with van der Waals surface area (Å²) in [6, 6.07) is 0. The fraction of sp³-hybridized carbons (Fsp3) is 0.818. The predicted octanol–water partition coefficient (Wildman–Crippen LogP) is 3.06. The lowest BCUT2D eigenvalue weighted by atomic mass is 10.1. The highest BCUT2D eigenvalue weighted by Crippen LogP contribution is 2.48. The number of aryl methyl sites for hydroxylation is 1. The van der Waals surface area contributed by atoms with Crippen molar-refractivity contribution in [1.29, 1.82) is 0 Å². The van der Waals surface area contributed by atoms with Crippen LogP contribution in [0.1, 0.15) is 67.2 Å². The Morgan fingerprint density at radius 2 is 1.55 bits per heavy atom. The maximum absolute atomic E-state index is 12.5. The average Bonchev–Trinajstić information content (AvgIpc) is 2.98. The molecule has 2 aliphatic heterocycles. The highest BCUT2D eigenvalue weighted by Gasteiger charge is 2.61. The summed E-state index contributed by atoms with van der Waals surface area (Å²) in [6.45, 7) is 18.8. The molecule has 0 saturated carbocycles. The maximum Gasteiger partial charge on any atom is 0.335 e. The fourth-order valence-electron chi connectivity index (χ4n) is 5.14. The standard InChI is InChI=1S/C22H40N2O7Si2/c1-12(2)32(13(3)4)28-11-17-19(30-33(31-32,14(5)6)15(7)8)18(25)21(29-17)24-10-16(9)20(26)23-22(24)27/h10,12-15,17-19,21,25H,11H2,1-9H3,(H,23,26,27)/t17?,18?,19-,21?/m1/s1. The van der Waals surface area contributed by atoms with Gasteiger partial charge in [0.05, 0.1) is 6.61 Å². The zero-order valence-electron chi connectivity index (χ0n) is 21.2.